The van der Waals surface area contributed by atoms with Gasteiger partial charge in [0.05, 0.1) is 18.8 Å². The van der Waals surface area contributed by atoms with Crippen molar-refractivity contribution in [3.63, 3.8) is 0 Å². The van der Waals surface area contributed by atoms with Crippen LogP contribution in [0.3, 0.4) is 0 Å². The molecule has 2 aromatic heterocycles. The van der Waals surface area contributed by atoms with E-state index in [4.69, 9.17) is 16.6 Å². The number of rotatable bonds is 17. The summed E-state index contributed by atoms with van der Waals surface area (Å²) in [4.78, 5) is 72.4. The van der Waals surface area contributed by atoms with Crippen molar-refractivity contribution < 1.29 is 34.2 Å². The fourth-order valence-corrected chi connectivity index (χ4v) is 4.41. The van der Waals surface area contributed by atoms with Gasteiger partial charge in [0.25, 0.3) is 0 Å². The van der Waals surface area contributed by atoms with Crippen molar-refractivity contribution in [2.24, 2.45) is 11.5 Å². The smallest absolute Gasteiger partial charge is 0.326 e. The lowest BCUT2D eigenvalue weighted by Gasteiger charge is -2.25. The van der Waals surface area contributed by atoms with E-state index >= 15 is 0 Å². The molecular formula is C27H36N8O7. The van der Waals surface area contributed by atoms with Gasteiger partial charge in [-0.05, 0) is 37.4 Å². The van der Waals surface area contributed by atoms with E-state index in [9.17, 15) is 29.1 Å². The van der Waals surface area contributed by atoms with Gasteiger partial charge in [0.2, 0.25) is 17.7 Å². The highest BCUT2D eigenvalue weighted by Gasteiger charge is 2.31. The molecule has 3 rings (SSSR count). The summed E-state index contributed by atoms with van der Waals surface area (Å²) in [5, 5.41) is 27.1. The van der Waals surface area contributed by atoms with E-state index in [-0.39, 0.29) is 19.3 Å². The second-order valence-electron chi connectivity index (χ2n) is 9.86. The monoisotopic (exact) mass is 584 g/mol. The molecule has 0 aliphatic carbocycles. The predicted octanol–water partition coefficient (Wildman–Crippen LogP) is -0.854. The van der Waals surface area contributed by atoms with Crippen LogP contribution in [0.25, 0.3) is 10.9 Å². The second kappa shape index (κ2) is 15.3. The summed E-state index contributed by atoms with van der Waals surface area (Å²) in [5.41, 5.74) is 13.2. The first-order valence-corrected chi connectivity index (χ1v) is 13.4. The zero-order chi connectivity index (χ0) is 30.6. The first-order chi connectivity index (χ1) is 20.1. The van der Waals surface area contributed by atoms with Crippen LogP contribution in [0.1, 0.15) is 36.9 Å². The number of nitrogens with zero attached hydrogens (tertiary/aromatic N) is 1. The highest BCUT2D eigenvalue weighted by atomic mass is 16.4. The minimum atomic E-state index is -1.42. The van der Waals surface area contributed by atoms with E-state index in [2.05, 4.69) is 30.9 Å². The molecule has 0 aliphatic heterocycles. The molecular weight excluding hydrogens is 548 g/mol. The van der Waals surface area contributed by atoms with E-state index in [0.717, 1.165) is 10.9 Å². The number of amides is 3. The molecule has 226 valence electrons. The number of carbonyl (C=O) groups excluding carboxylic acids is 3. The van der Waals surface area contributed by atoms with Gasteiger partial charge in [-0.1, -0.05) is 18.2 Å². The molecule has 15 heteroatoms. The van der Waals surface area contributed by atoms with Gasteiger partial charge in [-0.3, -0.25) is 19.2 Å². The normalized spacial score (nSPS) is 14.0. The zero-order valence-electron chi connectivity index (χ0n) is 22.8. The summed E-state index contributed by atoms with van der Waals surface area (Å²) in [6.07, 6.45) is 5.00. The minimum absolute atomic E-state index is 0.0172. The van der Waals surface area contributed by atoms with Gasteiger partial charge in [-0.15, -0.1) is 0 Å². The number of aromatic nitrogens is 3. The maximum absolute atomic E-state index is 13.6. The van der Waals surface area contributed by atoms with Gasteiger partial charge in [-0.2, -0.15) is 0 Å². The van der Waals surface area contributed by atoms with Crippen molar-refractivity contribution in [3.8, 4) is 0 Å². The van der Waals surface area contributed by atoms with Crippen molar-refractivity contribution in [1.82, 2.24) is 30.9 Å². The summed E-state index contributed by atoms with van der Waals surface area (Å²) < 4.78 is 0. The van der Waals surface area contributed by atoms with Gasteiger partial charge in [0.1, 0.15) is 18.1 Å². The van der Waals surface area contributed by atoms with Gasteiger partial charge in [0.15, 0.2) is 0 Å². The molecule has 2 heterocycles. The highest BCUT2D eigenvalue weighted by molar-refractivity contribution is 5.95. The average molecular weight is 585 g/mol. The number of fused-ring (bicyclic) bond motifs is 1. The summed E-state index contributed by atoms with van der Waals surface area (Å²) >= 11 is 0. The number of aliphatic carboxylic acids is 2. The molecule has 0 fully saturated rings. The van der Waals surface area contributed by atoms with Crippen LogP contribution in [0.15, 0.2) is 43.0 Å². The predicted molar refractivity (Wildman–Crippen MR) is 151 cm³/mol. The first-order valence-electron chi connectivity index (χ1n) is 13.4. The number of para-hydroxylation sites is 1. The molecule has 0 radical (unpaired) electrons. The number of benzene rings is 1. The van der Waals surface area contributed by atoms with Crippen molar-refractivity contribution in [1.29, 1.82) is 0 Å². The molecule has 15 nitrogen and oxygen atoms in total. The van der Waals surface area contributed by atoms with Gasteiger partial charge in [0, 0.05) is 41.8 Å². The van der Waals surface area contributed by atoms with E-state index < -0.39 is 60.2 Å². The Balaban J connectivity index is 1.85. The molecule has 1 aromatic carbocycles. The number of H-pyrrole nitrogens is 2. The van der Waals surface area contributed by atoms with Crippen LogP contribution in [-0.2, 0) is 36.8 Å². The largest absolute Gasteiger partial charge is 0.481 e. The van der Waals surface area contributed by atoms with Gasteiger partial charge < -0.3 is 47.6 Å². The van der Waals surface area contributed by atoms with Gasteiger partial charge >= 0.3 is 11.9 Å². The molecule has 0 bridgehead atoms. The third-order valence-electron chi connectivity index (χ3n) is 6.64. The molecule has 3 aromatic rings. The number of aromatic amines is 2. The summed E-state index contributed by atoms with van der Waals surface area (Å²) in [7, 11) is 0. The van der Waals surface area contributed by atoms with E-state index in [1.54, 1.807) is 6.20 Å². The SMILES string of the molecule is NCCCCC(NC(=O)C(Cc1cnc[nH]1)NC(=O)C(Cc1c[nH]c2ccccc12)NC(=O)C(N)CC(=O)O)C(=O)O. The molecule has 3 amide bonds. The number of imidazole rings is 1. The number of nitrogens with one attached hydrogen (secondary N) is 5. The number of hydrogen-bond acceptors (Lipinski definition) is 8. The molecule has 11 N–H and O–H groups in total. The van der Waals surface area contributed by atoms with E-state index in [1.807, 2.05) is 24.3 Å². The third-order valence-corrected chi connectivity index (χ3v) is 6.64. The number of hydrogen-bond donors (Lipinski definition) is 9. The Labute approximate surface area is 240 Å². The minimum Gasteiger partial charge on any atom is -0.481 e. The third kappa shape index (κ3) is 9.14. The molecule has 0 saturated heterocycles. The number of carbonyl (C=O) groups is 5. The number of nitrogens with two attached hydrogens (primary N) is 2. The Bertz CT molecular complexity index is 1370. The van der Waals surface area contributed by atoms with Crippen molar-refractivity contribution >= 4 is 40.6 Å². The Hall–Kier alpha value is -4.76. The molecule has 0 spiro atoms. The molecule has 0 aliphatic rings. The topological polar surface area (TPSA) is 258 Å². The van der Waals surface area contributed by atoms with Crippen molar-refractivity contribution in [2.75, 3.05) is 6.54 Å². The fraction of sp³-hybridized carbons (Fsp3) is 0.407. The van der Waals surface area contributed by atoms with Crippen LogP contribution in [0.4, 0.5) is 0 Å². The van der Waals surface area contributed by atoms with Crippen LogP contribution in [0.5, 0.6) is 0 Å². The van der Waals surface area contributed by atoms with Crippen LogP contribution < -0.4 is 27.4 Å². The standard InChI is InChI=1S/C27H36N8O7/c28-8-4-3-7-20(27(41)42)33-26(40)22(10-16-13-30-14-32-16)35-25(39)21(34-24(38)18(29)11-23(36)37)9-15-12-31-19-6-2-1-5-17(15)19/h1-2,5-6,12-14,18,20-22,31H,3-4,7-11,28-29H2,(H,30,32)(H,33,40)(H,34,38)(H,35,39)(H,36,37)(H,41,42). The molecule has 0 saturated carbocycles. The molecule has 4 atom stereocenters. The first kappa shape index (κ1) is 31.8. The zero-order valence-corrected chi connectivity index (χ0v) is 22.8. The Morgan fingerprint density at radius 2 is 1.55 bits per heavy atom. The number of carboxylic acids is 2. The summed E-state index contributed by atoms with van der Waals surface area (Å²) in [5.74, 6) is -4.89. The average Bonchev–Trinajstić information content (AvgIpc) is 3.61. The maximum Gasteiger partial charge on any atom is 0.326 e. The quantitative estimate of drug-likeness (QED) is 0.0887. The summed E-state index contributed by atoms with van der Waals surface area (Å²) in [6.45, 7) is 0.373. The Morgan fingerprint density at radius 3 is 2.19 bits per heavy atom. The Kier molecular flexibility index (Phi) is 11.6. The number of carboxylic acid groups (broad SMARTS) is 2. The van der Waals surface area contributed by atoms with Crippen LogP contribution >= 0.6 is 0 Å². The van der Waals surface area contributed by atoms with Crippen LogP contribution in [0.2, 0.25) is 0 Å². The molecule has 42 heavy (non-hydrogen) atoms. The Morgan fingerprint density at radius 1 is 0.881 bits per heavy atom. The lowest BCUT2D eigenvalue weighted by atomic mass is 10.0. The van der Waals surface area contributed by atoms with Crippen molar-refractivity contribution in [3.05, 3.63) is 54.2 Å². The lowest BCUT2D eigenvalue weighted by Crippen LogP contribution is -2.58. The van der Waals surface area contributed by atoms with E-state index in [1.165, 1.54) is 12.5 Å². The van der Waals surface area contributed by atoms with Gasteiger partial charge in [-0.25, -0.2) is 9.78 Å². The van der Waals surface area contributed by atoms with Crippen molar-refractivity contribution in [2.45, 2.75) is 62.7 Å². The van der Waals surface area contributed by atoms with E-state index in [0.29, 0.717) is 30.6 Å². The van der Waals surface area contributed by atoms with Crippen LogP contribution in [0, 0.1) is 0 Å². The maximum atomic E-state index is 13.6. The lowest BCUT2D eigenvalue weighted by molar-refractivity contribution is -0.142. The van der Waals surface area contributed by atoms with Crippen LogP contribution in [-0.4, -0.2) is 85.5 Å². The fourth-order valence-electron chi connectivity index (χ4n) is 4.41. The second-order valence-corrected chi connectivity index (χ2v) is 9.86. The highest BCUT2D eigenvalue weighted by Crippen LogP contribution is 2.19. The summed E-state index contributed by atoms with van der Waals surface area (Å²) in [6, 6.07) is 2.19. The number of unbranched alkanes of at least 4 members (excludes halogenated alkanes) is 1. The molecule has 4 unspecified atom stereocenters.